The second-order valence-electron chi connectivity index (χ2n) is 7.32. The lowest BCUT2D eigenvalue weighted by Gasteiger charge is -2.29. The average molecular weight is 385 g/mol. The van der Waals surface area contributed by atoms with Gasteiger partial charge in [0, 0.05) is 56.5 Å². The highest BCUT2D eigenvalue weighted by atomic mass is 32.2. The Morgan fingerprint density at radius 1 is 0.885 bits per heavy atom. The minimum absolute atomic E-state index is 0. The van der Waals surface area contributed by atoms with Gasteiger partial charge in [0.15, 0.2) is 0 Å². The van der Waals surface area contributed by atoms with Crippen molar-refractivity contribution in [2.24, 2.45) is 11.8 Å². The Bertz CT molecular complexity index is 411. The highest BCUT2D eigenvalue weighted by Gasteiger charge is 2.56. The summed E-state index contributed by atoms with van der Waals surface area (Å²) in [7, 11) is 21.7. The summed E-state index contributed by atoms with van der Waals surface area (Å²) in [6.07, 6.45) is 2.21. The first-order valence-corrected chi connectivity index (χ1v) is 11.3. The van der Waals surface area contributed by atoms with E-state index in [2.05, 4.69) is 43.2 Å². The van der Waals surface area contributed by atoms with Gasteiger partial charge < -0.3 is 9.47 Å². The number of ether oxygens (including phenoxy) is 2. The van der Waals surface area contributed by atoms with E-state index in [0.29, 0.717) is 22.3 Å². The Morgan fingerprint density at radius 3 is 1.31 bits per heavy atom. The summed E-state index contributed by atoms with van der Waals surface area (Å²) < 4.78 is 11.5. The molecule has 4 aliphatic heterocycles. The Kier molecular flexibility index (Phi) is 9.72. The third-order valence-corrected chi connectivity index (χ3v) is 9.71. The van der Waals surface area contributed by atoms with Crippen molar-refractivity contribution in [3.8, 4) is 0 Å². The maximum atomic E-state index is 5.83. The predicted molar refractivity (Wildman–Crippen MR) is 122 cm³/mol. The molecule has 8 atom stereocenters. The first kappa shape index (κ1) is 25.0. The van der Waals surface area contributed by atoms with Crippen LogP contribution >= 0.6 is 23.5 Å². The number of thioether (sulfide) groups is 2. The van der Waals surface area contributed by atoms with Crippen LogP contribution in [0.2, 0.25) is 0 Å². The summed E-state index contributed by atoms with van der Waals surface area (Å²) in [5.41, 5.74) is 0.240. The minimum Gasteiger partial charge on any atom is -0.379 e. The molecule has 0 aromatic rings. The lowest BCUT2D eigenvalue weighted by atomic mass is 9.40. The Hall–Kier alpha value is 0.945. The maximum Gasteiger partial charge on any atom is 0.110 e. The van der Waals surface area contributed by atoms with Crippen LogP contribution in [0.25, 0.3) is 0 Å². The van der Waals surface area contributed by atoms with Crippen LogP contribution in [-0.2, 0) is 9.47 Å². The molecule has 26 heavy (non-hydrogen) atoms. The monoisotopic (exact) mass is 385 g/mol. The lowest BCUT2D eigenvalue weighted by molar-refractivity contribution is -0.0156. The van der Waals surface area contributed by atoms with Gasteiger partial charge in [-0.2, -0.15) is 23.5 Å². The van der Waals surface area contributed by atoms with Gasteiger partial charge in [0.1, 0.15) is 15.7 Å². The van der Waals surface area contributed by atoms with Crippen LogP contribution in [0, 0.1) is 11.8 Å². The van der Waals surface area contributed by atoms with E-state index in [1.165, 1.54) is 0 Å². The molecular formula is C17H30B5O2S2. The summed E-state index contributed by atoms with van der Waals surface area (Å²) in [6, 6.07) is -0.0209. The van der Waals surface area contributed by atoms with E-state index in [-0.39, 0.29) is 30.6 Å². The lowest BCUT2D eigenvalue weighted by Crippen LogP contribution is -2.35. The van der Waals surface area contributed by atoms with Crippen LogP contribution in [0.5, 0.6) is 0 Å². The van der Waals surface area contributed by atoms with Crippen molar-refractivity contribution in [1.82, 2.24) is 0 Å². The van der Waals surface area contributed by atoms with Crippen molar-refractivity contribution in [3.63, 3.8) is 0 Å². The SMILES string of the molecule is C.[B][B][B].[B][C@@H]1O[C@@]2(CC)CSC1C2C.[B][C@@H]1O[C@]2(CC)CSC1[C@@H]2C. The summed E-state index contributed by atoms with van der Waals surface area (Å²) in [6.45, 7) is 8.91. The van der Waals surface area contributed by atoms with Gasteiger partial charge in [0.05, 0.1) is 11.2 Å². The Labute approximate surface area is 176 Å². The van der Waals surface area contributed by atoms with Gasteiger partial charge in [0.25, 0.3) is 0 Å². The number of hydrogen-bond donors (Lipinski definition) is 0. The Balaban J connectivity index is 0.000000219. The summed E-state index contributed by atoms with van der Waals surface area (Å²) in [5, 5.41) is 1.10. The maximum absolute atomic E-state index is 5.83. The fourth-order valence-corrected chi connectivity index (χ4v) is 7.94. The molecule has 4 fully saturated rings. The van der Waals surface area contributed by atoms with Gasteiger partial charge in [-0.3, -0.25) is 0 Å². The van der Waals surface area contributed by atoms with Gasteiger partial charge in [-0.15, -0.1) is 0 Å². The topological polar surface area (TPSA) is 18.5 Å². The summed E-state index contributed by atoms with van der Waals surface area (Å²) in [4.78, 5) is 0. The molecule has 0 amide bonds. The quantitative estimate of drug-likeness (QED) is 0.680. The smallest absolute Gasteiger partial charge is 0.110 e. The second kappa shape index (κ2) is 10.1. The zero-order chi connectivity index (χ0) is 18.8. The van der Waals surface area contributed by atoms with Gasteiger partial charge in [-0.1, -0.05) is 35.1 Å². The molecule has 0 N–H and O–H groups in total. The number of hydrogen-bond acceptors (Lipinski definition) is 4. The fraction of sp³-hybridized carbons (Fsp3) is 1.00. The normalized spacial score (nSPS) is 47.2. The zero-order valence-electron chi connectivity index (χ0n) is 15.8. The first-order valence-electron chi connectivity index (χ1n) is 9.16. The number of fused-ring (bicyclic) bond motifs is 4. The van der Waals surface area contributed by atoms with E-state index in [1.807, 2.05) is 23.5 Å². The molecule has 9 heteroatoms. The van der Waals surface area contributed by atoms with Crippen LogP contribution in [0.4, 0.5) is 0 Å². The molecule has 0 spiro atoms. The standard InChI is InChI=1S/2C8H13BOS.CH4.B3/c2*1-3-8-4-11-6(5(8)2)7(9)10-8;;1-3-2/h2*5-7H,3-4H2,1-2H3;1H4;/t5?,6?,7-,8+;5-,6?,7+,8+;;/m10../s1. The van der Waals surface area contributed by atoms with Gasteiger partial charge in [-0.05, 0) is 24.7 Å². The van der Waals surface area contributed by atoms with Crippen LogP contribution in [0.3, 0.4) is 0 Å². The first-order chi connectivity index (χ1) is 11.8. The van der Waals surface area contributed by atoms with Crippen molar-refractivity contribution >= 4 is 61.8 Å². The van der Waals surface area contributed by atoms with Crippen molar-refractivity contribution < 1.29 is 9.47 Å². The van der Waals surface area contributed by atoms with E-state index >= 15 is 0 Å². The third-order valence-electron chi connectivity index (χ3n) is 6.27. The highest BCUT2D eigenvalue weighted by molar-refractivity contribution is 8.00. The molecule has 4 heterocycles. The van der Waals surface area contributed by atoms with Gasteiger partial charge in [0.2, 0.25) is 0 Å². The molecule has 9 radical (unpaired) electrons. The van der Waals surface area contributed by atoms with Crippen LogP contribution < -0.4 is 0 Å². The molecule has 2 nitrogen and oxygen atoms in total. The molecule has 4 bridgehead atoms. The van der Waals surface area contributed by atoms with E-state index in [9.17, 15) is 0 Å². The van der Waals surface area contributed by atoms with Crippen molar-refractivity contribution in [2.45, 2.75) is 81.7 Å². The summed E-state index contributed by atoms with van der Waals surface area (Å²) in [5.74, 6) is 3.58. The fourth-order valence-electron chi connectivity index (χ4n) is 4.36. The average Bonchev–Trinajstić information content (AvgIpc) is 3.24. The van der Waals surface area contributed by atoms with Crippen molar-refractivity contribution in [1.29, 1.82) is 0 Å². The molecule has 4 rings (SSSR count). The molecule has 4 aliphatic rings. The van der Waals surface area contributed by atoms with E-state index < -0.39 is 0 Å². The van der Waals surface area contributed by atoms with Gasteiger partial charge in [-0.25, -0.2) is 0 Å². The second-order valence-corrected chi connectivity index (χ2v) is 9.66. The molecule has 0 aromatic heterocycles. The largest absolute Gasteiger partial charge is 0.379 e. The molecule has 137 valence electrons. The van der Waals surface area contributed by atoms with Crippen LogP contribution in [-0.4, -0.2) is 83.4 Å². The highest BCUT2D eigenvalue weighted by Crippen LogP contribution is 2.53. The van der Waals surface area contributed by atoms with E-state index in [1.54, 1.807) is 0 Å². The molecule has 0 saturated carbocycles. The van der Waals surface area contributed by atoms with Crippen molar-refractivity contribution in [2.75, 3.05) is 11.5 Å². The van der Waals surface area contributed by atoms with Gasteiger partial charge >= 0.3 is 0 Å². The predicted octanol–water partition coefficient (Wildman–Crippen LogP) is 2.32. The number of rotatable bonds is 2. The molecular weight excluding hydrogens is 354 g/mol. The minimum atomic E-state index is -0.0105. The van der Waals surface area contributed by atoms with Crippen LogP contribution in [0.15, 0.2) is 0 Å². The summed E-state index contributed by atoms with van der Waals surface area (Å²) >= 11 is 3.96. The zero-order valence-corrected chi connectivity index (χ0v) is 17.4. The van der Waals surface area contributed by atoms with Crippen LogP contribution in [0.1, 0.15) is 48.0 Å². The molecule has 3 unspecified atom stereocenters. The molecule has 4 saturated heterocycles. The molecule has 0 aliphatic carbocycles. The van der Waals surface area contributed by atoms with E-state index in [0.717, 1.165) is 31.4 Å². The molecule has 0 aromatic carbocycles. The third kappa shape index (κ3) is 4.41. The Morgan fingerprint density at radius 2 is 1.19 bits per heavy atom. The van der Waals surface area contributed by atoms with E-state index in [4.69, 9.17) is 25.2 Å². The van der Waals surface area contributed by atoms with Crippen molar-refractivity contribution in [3.05, 3.63) is 0 Å².